The highest BCUT2D eigenvalue weighted by molar-refractivity contribution is 5.66. The van der Waals surface area contributed by atoms with Crippen LogP contribution < -0.4 is 10.2 Å². The van der Waals surface area contributed by atoms with Crippen LogP contribution in [-0.2, 0) is 6.54 Å². The molecule has 0 aliphatic rings. The summed E-state index contributed by atoms with van der Waals surface area (Å²) in [5.41, 5.74) is 5.35. The summed E-state index contributed by atoms with van der Waals surface area (Å²) in [6.07, 6.45) is 0. The first-order valence-corrected chi connectivity index (χ1v) is 7.32. The fourth-order valence-corrected chi connectivity index (χ4v) is 2.52. The van der Waals surface area contributed by atoms with Gasteiger partial charge in [-0.3, -0.25) is 0 Å². The van der Waals surface area contributed by atoms with Gasteiger partial charge < -0.3 is 10.2 Å². The maximum Gasteiger partial charge on any atom is 0.125 e. The van der Waals surface area contributed by atoms with Crippen molar-refractivity contribution in [3.05, 3.63) is 58.9 Å². The second-order valence-corrected chi connectivity index (χ2v) is 5.45. The average molecular weight is 286 g/mol. The molecule has 0 amide bonds. The number of aryl methyl sites for hydroxylation is 2. The van der Waals surface area contributed by atoms with Gasteiger partial charge in [-0.25, -0.2) is 4.39 Å². The van der Waals surface area contributed by atoms with E-state index in [9.17, 15) is 4.39 Å². The van der Waals surface area contributed by atoms with E-state index in [4.69, 9.17) is 0 Å². The Kier molecular flexibility index (Phi) is 4.97. The van der Waals surface area contributed by atoms with Crippen LogP contribution in [-0.4, -0.2) is 13.6 Å². The van der Waals surface area contributed by atoms with Gasteiger partial charge in [0.2, 0.25) is 0 Å². The van der Waals surface area contributed by atoms with Gasteiger partial charge in [0, 0.05) is 25.0 Å². The lowest BCUT2D eigenvalue weighted by molar-refractivity contribution is 0.622. The molecule has 2 rings (SSSR count). The first-order chi connectivity index (χ1) is 10.0. The number of nitrogens with one attached hydrogen (secondary N) is 1. The zero-order valence-electron chi connectivity index (χ0n) is 13.2. The van der Waals surface area contributed by atoms with Crippen LogP contribution in [0.15, 0.2) is 36.4 Å². The SMILES string of the molecule is CCNCc1cc(F)cc(N(C)c2ccc(C)cc2C)c1. The third-order valence-corrected chi connectivity index (χ3v) is 3.62. The van der Waals surface area contributed by atoms with Gasteiger partial charge in [0.25, 0.3) is 0 Å². The van der Waals surface area contributed by atoms with Crippen molar-refractivity contribution in [2.75, 3.05) is 18.5 Å². The summed E-state index contributed by atoms with van der Waals surface area (Å²) in [6, 6.07) is 11.5. The monoisotopic (exact) mass is 286 g/mol. The summed E-state index contributed by atoms with van der Waals surface area (Å²) in [5, 5.41) is 3.23. The van der Waals surface area contributed by atoms with Gasteiger partial charge in [0.15, 0.2) is 0 Å². The van der Waals surface area contributed by atoms with Crippen molar-refractivity contribution in [2.45, 2.75) is 27.3 Å². The number of halogens is 1. The third-order valence-electron chi connectivity index (χ3n) is 3.62. The molecule has 112 valence electrons. The maximum absolute atomic E-state index is 13.8. The standard InChI is InChI=1S/C18H23FN2/c1-5-20-12-15-9-16(19)11-17(10-15)21(4)18-7-6-13(2)8-14(18)3/h6-11,20H,5,12H2,1-4H3. The van der Waals surface area contributed by atoms with Gasteiger partial charge in [-0.2, -0.15) is 0 Å². The van der Waals surface area contributed by atoms with Gasteiger partial charge >= 0.3 is 0 Å². The van der Waals surface area contributed by atoms with E-state index in [1.165, 1.54) is 11.1 Å². The quantitative estimate of drug-likeness (QED) is 0.880. The first kappa shape index (κ1) is 15.5. The first-order valence-electron chi connectivity index (χ1n) is 7.32. The van der Waals surface area contributed by atoms with E-state index in [-0.39, 0.29) is 5.82 Å². The van der Waals surface area contributed by atoms with Crippen molar-refractivity contribution in [2.24, 2.45) is 0 Å². The number of nitrogens with zero attached hydrogens (tertiary/aromatic N) is 1. The highest BCUT2D eigenvalue weighted by Gasteiger charge is 2.09. The van der Waals surface area contributed by atoms with Gasteiger partial charge in [-0.05, 0) is 55.8 Å². The van der Waals surface area contributed by atoms with Crippen LogP contribution in [0.25, 0.3) is 0 Å². The molecular weight excluding hydrogens is 263 g/mol. The minimum atomic E-state index is -0.197. The molecule has 0 fully saturated rings. The molecule has 2 nitrogen and oxygen atoms in total. The van der Waals surface area contributed by atoms with Crippen molar-refractivity contribution >= 4 is 11.4 Å². The van der Waals surface area contributed by atoms with Crippen LogP contribution in [0, 0.1) is 19.7 Å². The molecule has 0 aliphatic heterocycles. The van der Waals surface area contributed by atoms with Crippen LogP contribution >= 0.6 is 0 Å². The molecule has 0 atom stereocenters. The zero-order chi connectivity index (χ0) is 15.4. The summed E-state index contributed by atoms with van der Waals surface area (Å²) < 4.78 is 13.8. The maximum atomic E-state index is 13.8. The van der Waals surface area contributed by atoms with Crippen LogP contribution in [0.1, 0.15) is 23.6 Å². The second-order valence-electron chi connectivity index (χ2n) is 5.45. The number of hydrogen-bond acceptors (Lipinski definition) is 2. The number of hydrogen-bond donors (Lipinski definition) is 1. The predicted molar refractivity (Wildman–Crippen MR) is 87.8 cm³/mol. The number of rotatable bonds is 5. The van der Waals surface area contributed by atoms with E-state index >= 15 is 0 Å². The van der Waals surface area contributed by atoms with Crippen molar-refractivity contribution in [3.8, 4) is 0 Å². The summed E-state index contributed by atoms with van der Waals surface area (Å²) >= 11 is 0. The summed E-state index contributed by atoms with van der Waals surface area (Å²) in [5.74, 6) is -0.197. The second kappa shape index (κ2) is 6.72. The van der Waals surface area contributed by atoms with Crippen LogP contribution in [0.5, 0.6) is 0 Å². The topological polar surface area (TPSA) is 15.3 Å². The van der Waals surface area contributed by atoms with Crippen LogP contribution in [0.3, 0.4) is 0 Å². The Balaban J connectivity index is 2.33. The number of anilines is 2. The Morgan fingerprint density at radius 1 is 1.10 bits per heavy atom. The molecule has 1 N–H and O–H groups in total. The van der Waals surface area contributed by atoms with Gasteiger partial charge in [-0.1, -0.05) is 24.6 Å². The average Bonchev–Trinajstić information content (AvgIpc) is 2.44. The van der Waals surface area contributed by atoms with Gasteiger partial charge in [-0.15, -0.1) is 0 Å². The largest absolute Gasteiger partial charge is 0.344 e. The molecule has 0 radical (unpaired) electrons. The lowest BCUT2D eigenvalue weighted by atomic mass is 10.1. The minimum Gasteiger partial charge on any atom is -0.344 e. The summed E-state index contributed by atoms with van der Waals surface area (Å²) in [7, 11) is 1.98. The molecule has 2 aromatic carbocycles. The zero-order valence-corrected chi connectivity index (χ0v) is 13.2. The molecule has 3 heteroatoms. The third kappa shape index (κ3) is 3.82. The normalized spacial score (nSPS) is 10.7. The lowest BCUT2D eigenvalue weighted by Crippen LogP contribution is -2.14. The Morgan fingerprint density at radius 3 is 2.52 bits per heavy atom. The number of benzene rings is 2. The van der Waals surface area contributed by atoms with Crippen molar-refractivity contribution in [1.29, 1.82) is 0 Å². The van der Waals surface area contributed by atoms with Gasteiger partial charge in [0.05, 0.1) is 0 Å². The summed E-state index contributed by atoms with van der Waals surface area (Å²) in [4.78, 5) is 2.04. The molecule has 0 saturated heterocycles. The predicted octanol–water partition coefficient (Wildman–Crippen LogP) is 4.32. The fraction of sp³-hybridized carbons (Fsp3) is 0.333. The van der Waals surface area contributed by atoms with Gasteiger partial charge in [0.1, 0.15) is 5.82 Å². The Hall–Kier alpha value is -1.87. The molecule has 0 spiro atoms. The summed E-state index contributed by atoms with van der Waals surface area (Å²) in [6.45, 7) is 7.76. The lowest BCUT2D eigenvalue weighted by Gasteiger charge is -2.23. The molecule has 21 heavy (non-hydrogen) atoms. The molecule has 0 unspecified atom stereocenters. The Morgan fingerprint density at radius 2 is 1.86 bits per heavy atom. The smallest absolute Gasteiger partial charge is 0.125 e. The molecule has 0 heterocycles. The van der Waals surface area contributed by atoms with Crippen molar-refractivity contribution < 1.29 is 4.39 Å². The van der Waals surface area contributed by atoms with Crippen LogP contribution in [0.4, 0.5) is 15.8 Å². The van der Waals surface area contributed by atoms with E-state index in [2.05, 4.69) is 37.4 Å². The molecule has 0 bridgehead atoms. The highest BCUT2D eigenvalue weighted by atomic mass is 19.1. The van der Waals surface area contributed by atoms with E-state index in [1.807, 2.05) is 24.9 Å². The molecule has 0 saturated carbocycles. The van der Waals surface area contributed by atoms with Crippen LogP contribution in [0.2, 0.25) is 0 Å². The highest BCUT2D eigenvalue weighted by Crippen LogP contribution is 2.28. The van der Waals surface area contributed by atoms with Crippen molar-refractivity contribution in [3.63, 3.8) is 0 Å². The van der Waals surface area contributed by atoms with E-state index in [1.54, 1.807) is 12.1 Å². The minimum absolute atomic E-state index is 0.197. The van der Waals surface area contributed by atoms with E-state index in [0.29, 0.717) is 6.54 Å². The molecule has 0 aliphatic carbocycles. The van der Waals surface area contributed by atoms with E-state index < -0.39 is 0 Å². The fourth-order valence-electron chi connectivity index (χ4n) is 2.52. The molecular formula is C18H23FN2. The van der Waals surface area contributed by atoms with E-state index in [0.717, 1.165) is 23.5 Å². The van der Waals surface area contributed by atoms with Crippen molar-refractivity contribution in [1.82, 2.24) is 5.32 Å². The molecule has 0 aromatic heterocycles. The Bertz CT molecular complexity index is 623. The Labute approximate surface area is 126 Å². The molecule has 2 aromatic rings.